The topological polar surface area (TPSA) is 83.8 Å². The summed E-state index contributed by atoms with van der Waals surface area (Å²) in [6.45, 7) is 0. The highest BCUT2D eigenvalue weighted by atomic mass is 79.9. The summed E-state index contributed by atoms with van der Waals surface area (Å²) in [5.41, 5.74) is 8.67. The van der Waals surface area contributed by atoms with Gasteiger partial charge in [0, 0.05) is 15.7 Å². The smallest absolute Gasteiger partial charge is 0.255 e. The van der Waals surface area contributed by atoms with Crippen LogP contribution in [0.15, 0.2) is 59.2 Å². The Hall–Kier alpha value is -2.60. The maximum Gasteiger partial charge on any atom is 0.255 e. The molecule has 0 atom stereocenters. The molecule has 4 N–H and O–H groups in total. The van der Waals surface area contributed by atoms with Crippen molar-refractivity contribution < 1.29 is 4.79 Å². The van der Waals surface area contributed by atoms with Gasteiger partial charge in [0.2, 0.25) is 0 Å². The number of carbonyl (C=O) groups excluding carboxylic acids is 1. The van der Waals surface area contributed by atoms with E-state index in [4.69, 9.17) is 5.73 Å². The Labute approximate surface area is 135 Å². The summed E-state index contributed by atoms with van der Waals surface area (Å²) >= 11 is 3.35. The number of benzene rings is 2. The van der Waals surface area contributed by atoms with Crippen molar-refractivity contribution in [3.05, 3.63) is 64.8 Å². The van der Waals surface area contributed by atoms with Gasteiger partial charge in [-0.3, -0.25) is 4.79 Å². The maximum atomic E-state index is 12.2. The number of hydrogen-bond acceptors (Lipinski definition) is 3. The molecule has 1 amide bonds. The van der Waals surface area contributed by atoms with Crippen molar-refractivity contribution >= 4 is 33.5 Å². The van der Waals surface area contributed by atoms with E-state index < -0.39 is 0 Å². The minimum Gasteiger partial charge on any atom is -0.369 e. The number of anilines is 2. The van der Waals surface area contributed by atoms with E-state index in [0.29, 0.717) is 11.5 Å². The Bertz CT molecular complexity index is 811. The molecule has 0 spiro atoms. The molecular formula is C16H13BrN4O. The number of hydrogen-bond donors (Lipinski definition) is 3. The summed E-state index contributed by atoms with van der Waals surface area (Å²) in [6.07, 6.45) is 1.67. The Morgan fingerprint density at radius 1 is 1.18 bits per heavy atom. The van der Waals surface area contributed by atoms with Crippen LogP contribution in [0, 0.1) is 0 Å². The van der Waals surface area contributed by atoms with Crippen molar-refractivity contribution in [1.82, 2.24) is 9.97 Å². The molecule has 1 aromatic heterocycles. The number of amides is 1. The van der Waals surface area contributed by atoms with Crippen molar-refractivity contribution in [3.63, 3.8) is 0 Å². The minimum atomic E-state index is -0.153. The number of nitrogens with one attached hydrogen (secondary N) is 2. The molecule has 0 saturated carbocycles. The molecule has 110 valence electrons. The predicted molar refractivity (Wildman–Crippen MR) is 90.5 cm³/mol. The second-order valence-corrected chi connectivity index (χ2v) is 5.64. The molecule has 0 unspecified atom stereocenters. The van der Waals surface area contributed by atoms with Crippen molar-refractivity contribution in [3.8, 4) is 11.3 Å². The SMILES string of the molecule is Nc1ncc(-c2ccc(NC(=O)c3cccc(Br)c3)cc2)[nH]1. The first-order valence-electron chi connectivity index (χ1n) is 6.59. The molecular weight excluding hydrogens is 344 g/mol. The van der Waals surface area contributed by atoms with E-state index >= 15 is 0 Å². The third kappa shape index (κ3) is 3.17. The average Bonchev–Trinajstić information content (AvgIpc) is 2.94. The van der Waals surface area contributed by atoms with Crippen LogP contribution in [0.3, 0.4) is 0 Å². The lowest BCUT2D eigenvalue weighted by molar-refractivity contribution is 0.102. The quantitative estimate of drug-likeness (QED) is 0.669. The molecule has 1 heterocycles. The van der Waals surface area contributed by atoms with Gasteiger partial charge in [0.25, 0.3) is 5.91 Å². The van der Waals surface area contributed by atoms with Crippen molar-refractivity contribution in [2.24, 2.45) is 0 Å². The van der Waals surface area contributed by atoms with Crippen LogP contribution in [0.5, 0.6) is 0 Å². The van der Waals surface area contributed by atoms with Crippen molar-refractivity contribution in [2.45, 2.75) is 0 Å². The Morgan fingerprint density at radius 2 is 1.95 bits per heavy atom. The molecule has 0 fully saturated rings. The number of aromatic nitrogens is 2. The minimum absolute atomic E-state index is 0.153. The molecule has 0 bridgehead atoms. The van der Waals surface area contributed by atoms with E-state index in [0.717, 1.165) is 21.4 Å². The molecule has 3 aromatic rings. The summed E-state index contributed by atoms with van der Waals surface area (Å²) in [6, 6.07) is 14.7. The molecule has 3 rings (SSSR count). The lowest BCUT2D eigenvalue weighted by atomic mass is 10.1. The molecule has 22 heavy (non-hydrogen) atoms. The fourth-order valence-electron chi connectivity index (χ4n) is 2.05. The summed E-state index contributed by atoms with van der Waals surface area (Å²) in [5, 5.41) is 2.86. The Balaban J connectivity index is 1.75. The van der Waals surface area contributed by atoms with Crippen molar-refractivity contribution in [2.75, 3.05) is 11.1 Å². The van der Waals surface area contributed by atoms with Gasteiger partial charge in [0.1, 0.15) is 0 Å². The van der Waals surface area contributed by atoms with Gasteiger partial charge in [0.05, 0.1) is 11.9 Å². The number of nitrogens with zero attached hydrogens (tertiary/aromatic N) is 1. The highest BCUT2D eigenvalue weighted by Gasteiger charge is 2.07. The lowest BCUT2D eigenvalue weighted by Gasteiger charge is -2.06. The first kappa shape index (κ1) is 14.3. The zero-order valence-corrected chi connectivity index (χ0v) is 13.1. The summed E-state index contributed by atoms with van der Waals surface area (Å²) in [4.78, 5) is 19.1. The fraction of sp³-hybridized carbons (Fsp3) is 0. The van der Waals surface area contributed by atoms with Gasteiger partial charge in [-0.1, -0.05) is 34.1 Å². The number of nitrogens with two attached hydrogens (primary N) is 1. The second-order valence-electron chi connectivity index (χ2n) is 4.72. The molecule has 0 aliphatic carbocycles. The van der Waals surface area contributed by atoms with Crippen LogP contribution in [0.4, 0.5) is 11.6 Å². The molecule has 0 aliphatic heterocycles. The highest BCUT2D eigenvalue weighted by molar-refractivity contribution is 9.10. The van der Waals surface area contributed by atoms with E-state index in [1.165, 1.54) is 0 Å². The lowest BCUT2D eigenvalue weighted by Crippen LogP contribution is -2.11. The first-order chi connectivity index (χ1) is 10.6. The van der Waals surface area contributed by atoms with Crippen LogP contribution in [0.2, 0.25) is 0 Å². The summed E-state index contributed by atoms with van der Waals surface area (Å²) in [5.74, 6) is 0.224. The zero-order valence-electron chi connectivity index (χ0n) is 11.5. The van der Waals surface area contributed by atoms with E-state index in [2.05, 4.69) is 31.2 Å². The number of H-pyrrole nitrogens is 1. The predicted octanol–water partition coefficient (Wildman–Crippen LogP) is 3.67. The normalized spacial score (nSPS) is 10.4. The van der Waals surface area contributed by atoms with Crippen LogP contribution in [-0.4, -0.2) is 15.9 Å². The average molecular weight is 357 g/mol. The van der Waals surface area contributed by atoms with Gasteiger partial charge < -0.3 is 16.0 Å². The van der Waals surface area contributed by atoms with E-state index in [1.54, 1.807) is 18.3 Å². The molecule has 6 heteroatoms. The third-order valence-corrected chi connectivity index (χ3v) is 3.63. The highest BCUT2D eigenvalue weighted by Crippen LogP contribution is 2.21. The largest absolute Gasteiger partial charge is 0.369 e. The number of aromatic amines is 1. The van der Waals surface area contributed by atoms with Gasteiger partial charge in [-0.05, 0) is 35.9 Å². The molecule has 0 saturated heterocycles. The summed E-state index contributed by atoms with van der Waals surface area (Å²) in [7, 11) is 0. The standard InChI is InChI=1S/C16H13BrN4O/c17-12-3-1-2-11(8-12)15(22)20-13-6-4-10(5-7-13)14-9-19-16(18)21-14/h1-9H,(H,20,22)(H3,18,19,21). The Kier molecular flexibility index (Phi) is 3.93. The zero-order chi connectivity index (χ0) is 15.5. The monoisotopic (exact) mass is 356 g/mol. The molecule has 2 aromatic carbocycles. The maximum absolute atomic E-state index is 12.2. The van der Waals surface area contributed by atoms with Crippen LogP contribution in [-0.2, 0) is 0 Å². The van der Waals surface area contributed by atoms with Crippen LogP contribution >= 0.6 is 15.9 Å². The second kappa shape index (κ2) is 6.03. The van der Waals surface area contributed by atoms with Gasteiger partial charge in [-0.25, -0.2) is 4.98 Å². The summed E-state index contributed by atoms with van der Waals surface area (Å²) < 4.78 is 0.868. The number of nitrogen functional groups attached to an aromatic ring is 1. The van der Waals surface area contributed by atoms with E-state index in [-0.39, 0.29) is 5.91 Å². The first-order valence-corrected chi connectivity index (χ1v) is 7.39. The number of imidazole rings is 1. The van der Waals surface area contributed by atoms with Gasteiger partial charge >= 0.3 is 0 Å². The fourth-order valence-corrected chi connectivity index (χ4v) is 2.45. The van der Waals surface area contributed by atoms with Crippen molar-refractivity contribution in [1.29, 1.82) is 0 Å². The van der Waals surface area contributed by atoms with Crippen LogP contribution < -0.4 is 11.1 Å². The number of rotatable bonds is 3. The number of carbonyl (C=O) groups is 1. The van der Waals surface area contributed by atoms with Gasteiger partial charge in [-0.15, -0.1) is 0 Å². The third-order valence-electron chi connectivity index (χ3n) is 3.14. The van der Waals surface area contributed by atoms with Gasteiger partial charge in [0.15, 0.2) is 5.95 Å². The van der Waals surface area contributed by atoms with Gasteiger partial charge in [-0.2, -0.15) is 0 Å². The molecule has 5 nitrogen and oxygen atoms in total. The Morgan fingerprint density at radius 3 is 2.59 bits per heavy atom. The molecule has 0 radical (unpaired) electrons. The van der Waals surface area contributed by atoms with E-state index in [1.807, 2.05) is 36.4 Å². The van der Waals surface area contributed by atoms with Crippen LogP contribution in [0.1, 0.15) is 10.4 Å². The molecule has 0 aliphatic rings. The van der Waals surface area contributed by atoms with E-state index in [9.17, 15) is 4.79 Å². The number of halogens is 1. The van der Waals surface area contributed by atoms with Crippen LogP contribution in [0.25, 0.3) is 11.3 Å².